The van der Waals surface area contributed by atoms with Crippen molar-refractivity contribution in [2.75, 3.05) is 6.54 Å². The molecule has 1 amide bonds. The zero-order valence-electron chi connectivity index (χ0n) is 13.1. The van der Waals surface area contributed by atoms with Gasteiger partial charge in [-0.15, -0.1) is 0 Å². The van der Waals surface area contributed by atoms with E-state index in [1.807, 2.05) is 0 Å². The molecule has 1 unspecified atom stereocenters. The molecule has 9 heteroatoms. The van der Waals surface area contributed by atoms with E-state index in [-0.39, 0.29) is 11.7 Å². The number of hydrogen-bond acceptors (Lipinski definition) is 5. The summed E-state index contributed by atoms with van der Waals surface area (Å²) < 4.78 is 29.4. The number of halogens is 2. The van der Waals surface area contributed by atoms with Gasteiger partial charge >= 0.3 is 12.4 Å². The number of alkyl halides is 2. The molecule has 2 aromatic rings. The number of benzene rings is 1. The molecule has 0 spiro atoms. The van der Waals surface area contributed by atoms with Crippen LogP contribution in [0.2, 0.25) is 0 Å². The average molecular weight is 351 g/mol. The minimum Gasteiger partial charge on any atom is -0.480 e. The van der Waals surface area contributed by atoms with Crippen molar-refractivity contribution in [1.29, 1.82) is 0 Å². The first-order valence-corrected chi connectivity index (χ1v) is 7.73. The van der Waals surface area contributed by atoms with Crippen LogP contribution < -0.4 is 0 Å². The number of carboxylic acids is 1. The maximum atomic E-state index is 12.6. The van der Waals surface area contributed by atoms with E-state index in [9.17, 15) is 23.5 Å². The zero-order valence-corrected chi connectivity index (χ0v) is 13.1. The summed E-state index contributed by atoms with van der Waals surface area (Å²) in [6.45, 7) is 0.389. The fraction of sp³-hybridized carbons (Fsp3) is 0.375. The first kappa shape index (κ1) is 17.0. The van der Waals surface area contributed by atoms with Gasteiger partial charge in [-0.05, 0) is 31.4 Å². The number of carboxylic acid groups (broad SMARTS) is 1. The van der Waals surface area contributed by atoms with Gasteiger partial charge in [0.25, 0.3) is 11.8 Å². The van der Waals surface area contributed by atoms with E-state index in [0.717, 1.165) is 12.8 Å². The van der Waals surface area contributed by atoms with Gasteiger partial charge in [-0.3, -0.25) is 4.79 Å². The Balaban J connectivity index is 1.79. The predicted octanol–water partition coefficient (Wildman–Crippen LogP) is 2.75. The SMILES string of the molecule is O=C(O)C1CCCCN1C(=O)c1ccc(-c2noc(C(F)F)n2)cc1. The second-order valence-electron chi connectivity index (χ2n) is 5.68. The Morgan fingerprint density at radius 3 is 2.56 bits per heavy atom. The standard InChI is InChI=1S/C16H15F2N3O4/c17-12(18)14-19-13(20-25-14)9-4-6-10(7-5-9)15(22)21-8-2-1-3-11(21)16(23)24/h4-7,11-12H,1-3,8H2,(H,23,24). The number of piperidine rings is 1. The van der Waals surface area contributed by atoms with Crippen molar-refractivity contribution < 1.29 is 28.0 Å². The van der Waals surface area contributed by atoms with Crippen LogP contribution in [0.5, 0.6) is 0 Å². The molecule has 1 N–H and O–H groups in total. The molecule has 1 atom stereocenters. The lowest BCUT2D eigenvalue weighted by Crippen LogP contribution is -2.47. The summed E-state index contributed by atoms with van der Waals surface area (Å²) in [4.78, 5) is 28.8. The maximum Gasteiger partial charge on any atom is 0.326 e. The minimum atomic E-state index is -2.85. The van der Waals surface area contributed by atoms with Crippen LogP contribution in [-0.2, 0) is 4.79 Å². The molecule has 1 saturated heterocycles. The summed E-state index contributed by atoms with van der Waals surface area (Å²) in [7, 11) is 0. The van der Waals surface area contributed by atoms with E-state index < -0.39 is 24.3 Å². The van der Waals surface area contributed by atoms with Gasteiger partial charge in [0.2, 0.25) is 5.82 Å². The normalized spacial score (nSPS) is 17.7. The lowest BCUT2D eigenvalue weighted by molar-refractivity contribution is -0.143. The van der Waals surface area contributed by atoms with Gasteiger partial charge in [-0.1, -0.05) is 17.3 Å². The first-order chi connectivity index (χ1) is 12.0. The number of aromatic nitrogens is 2. The molecule has 1 aromatic heterocycles. The van der Waals surface area contributed by atoms with Crippen LogP contribution in [0, 0.1) is 0 Å². The highest BCUT2D eigenvalue weighted by Gasteiger charge is 2.32. The van der Waals surface area contributed by atoms with Gasteiger partial charge < -0.3 is 14.5 Å². The third-order valence-corrected chi connectivity index (χ3v) is 4.07. The molecule has 3 rings (SSSR count). The highest BCUT2D eigenvalue weighted by atomic mass is 19.3. The van der Waals surface area contributed by atoms with Crippen molar-refractivity contribution in [2.45, 2.75) is 31.7 Å². The van der Waals surface area contributed by atoms with Crippen molar-refractivity contribution in [3.05, 3.63) is 35.7 Å². The van der Waals surface area contributed by atoms with E-state index in [2.05, 4.69) is 14.7 Å². The summed E-state index contributed by atoms with van der Waals surface area (Å²) in [6.07, 6.45) is -0.899. The van der Waals surface area contributed by atoms with Crippen LogP contribution in [0.4, 0.5) is 8.78 Å². The Bertz CT molecular complexity index is 776. The fourth-order valence-corrected chi connectivity index (χ4v) is 2.80. The molecule has 0 aliphatic carbocycles. The van der Waals surface area contributed by atoms with Crippen LogP contribution >= 0.6 is 0 Å². The molecule has 0 radical (unpaired) electrons. The number of aliphatic carboxylic acids is 1. The number of hydrogen-bond donors (Lipinski definition) is 1. The number of carbonyl (C=O) groups is 2. The van der Waals surface area contributed by atoms with Gasteiger partial charge in [0.1, 0.15) is 6.04 Å². The third kappa shape index (κ3) is 3.49. The molecular formula is C16H15F2N3O4. The predicted molar refractivity (Wildman–Crippen MR) is 81.0 cm³/mol. The number of amides is 1. The highest BCUT2D eigenvalue weighted by molar-refractivity contribution is 5.97. The van der Waals surface area contributed by atoms with Crippen molar-refractivity contribution in [1.82, 2.24) is 15.0 Å². The molecule has 25 heavy (non-hydrogen) atoms. The van der Waals surface area contributed by atoms with Crippen LogP contribution in [0.25, 0.3) is 11.4 Å². The molecule has 132 valence electrons. The summed E-state index contributed by atoms with van der Waals surface area (Å²) in [6, 6.07) is 5.17. The van der Waals surface area contributed by atoms with Crippen molar-refractivity contribution >= 4 is 11.9 Å². The Hall–Kier alpha value is -2.84. The lowest BCUT2D eigenvalue weighted by atomic mass is 10.0. The van der Waals surface area contributed by atoms with E-state index in [0.29, 0.717) is 24.1 Å². The topological polar surface area (TPSA) is 96.5 Å². The third-order valence-electron chi connectivity index (χ3n) is 4.07. The van der Waals surface area contributed by atoms with Crippen LogP contribution in [0.15, 0.2) is 28.8 Å². The number of nitrogens with zero attached hydrogens (tertiary/aromatic N) is 3. The Kier molecular flexibility index (Phi) is 4.73. The van der Waals surface area contributed by atoms with Crippen molar-refractivity contribution in [3.8, 4) is 11.4 Å². The van der Waals surface area contributed by atoms with Crippen molar-refractivity contribution in [2.24, 2.45) is 0 Å². The smallest absolute Gasteiger partial charge is 0.326 e. The van der Waals surface area contributed by atoms with Crippen LogP contribution in [0.3, 0.4) is 0 Å². The molecule has 1 aromatic carbocycles. The molecule has 7 nitrogen and oxygen atoms in total. The molecule has 0 bridgehead atoms. The van der Waals surface area contributed by atoms with Gasteiger partial charge in [0, 0.05) is 17.7 Å². The lowest BCUT2D eigenvalue weighted by Gasteiger charge is -2.33. The van der Waals surface area contributed by atoms with Gasteiger partial charge in [-0.25, -0.2) is 4.79 Å². The summed E-state index contributed by atoms with van der Waals surface area (Å²) in [5.41, 5.74) is 0.732. The highest BCUT2D eigenvalue weighted by Crippen LogP contribution is 2.24. The molecule has 2 heterocycles. The molecular weight excluding hydrogens is 336 g/mol. The Labute approximate surface area is 141 Å². The number of rotatable bonds is 4. The average Bonchev–Trinajstić information content (AvgIpc) is 3.11. The number of likely N-dealkylation sites (tertiary alicyclic amines) is 1. The van der Waals surface area contributed by atoms with Gasteiger partial charge in [0.05, 0.1) is 0 Å². The second-order valence-corrected chi connectivity index (χ2v) is 5.68. The van der Waals surface area contributed by atoms with E-state index >= 15 is 0 Å². The molecule has 1 fully saturated rings. The quantitative estimate of drug-likeness (QED) is 0.910. The molecule has 0 saturated carbocycles. The summed E-state index contributed by atoms with van der Waals surface area (Å²) in [5.74, 6) is -2.17. The van der Waals surface area contributed by atoms with E-state index in [1.54, 1.807) is 0 Å². The van der Waals surface area contributed by atoms with Gasteiger partial charge in [0.15, 0.2) is 0 Å². The van der Waals surface area contributed by atoms with Crippen LogP contribution in [0.1, 0.15) is 41.9 Å². The van der Waals surface area contributed by atoms with Crippen molar-refractivity contribution in [3.63, 3.8) is 0 Å². The largest absolute Gasteiger partial charge is 0.480 e. The molecule has 1 aliphatic heterocycles. The van der Waals surface area contributed by atoms with Crippen LogP contribution in [-0.4, -0.2) is 44.6 Å². The first-order valence-electron chi connectivity index (χ1n) is 7.73. The summed E-state index contributed by atoms with van der Waals surface area (Å²) in [5, 5.41) is 12.7. The number of carbonyl (C=O) groups excluding carboxylic acids is 1. The second kappa shape index (κ2) is 6.96. The zero-order chi connectivity index (χ0) is 18.0. The Morgan fingerprint density at radius 2 is 1.96 bits per heavy atom. The summed E-state index contributed by atoms with van der Waals surface area (Å²) >= 11 is 0. The monoisotopic (exact) mass is 351 g/mol. The van der Waals surface area contributed by atoms with E-state index in [1.165, 1.54) is 29.2 Å². The minimum absolute atomic E-state index is 0.00400. The van der Waals surface area contributed by atoms with Gasteiger partial charge in [-0.2, -0.15) is 13.8 Å². The maximum absolute atomic E-state index is 12.6. The Morgan fingerprint density at radius 1 is 1.24 bits per heavy atom. The van der Waals surface area contributed by atoms with E-state index in [4.69, 9.17) is 0 Å². The molecule has 1 aliphatic rings. The fourth-order valence-electron chi connectivity index (χ4n) is 2.80.